The molecule has 6 heteroatoms. The molecule has 0 aliphatic heterocycles. The maximum atomic E-state index is 11.9. The largest absolute Gasteiger partial charge is 0.497 e. The molecule has 0 fully saturated rings. The number of benzene rings is 1. The molecule has 0 bridgehead atoms. The summed E-state index contributed by atoms with van der Waals surface area (Å²) in [6.45, 7) is 1.89. The van der Waals surface area contributed by atoms with Crippen molar-refractivity contribution in [1.82, 2.24) is 5.32 Å². The van der Waals surface area contributed by atoms with Crippen LogP contribution in [0.25, 0.3) is 0 Å². The van der Waals surface area contributed by atoms with Crippen LogP contribution in [0.4, 0.5) is 10.5 Å². The molecule has 1 aromatic rings. The van der Waals surface area contributed by atoms with Gasteiger partial charge in [0, 0.05) is 19.3 Å². The number of urea groups is 1. The van der Waals surface area contributed by atoms with Crippen molar-refractivity contribution in [2.75, 3.05) is 25.6 Å². The van der Waals surface area contributed by atoms with Crippen LogP contribution < -0.4 is 15.0 Å². The van der Waals surface area contributed by atoms with Crippen molar-refractivity contribution >= 4 is 17.7 Å². The molecule has 0 aromatic heterocycles. The van der Waals surface area contributed by atoms with E-state index in [1.54, 1.807) is 45.3 Å². The van der Waals surface area contributed by atoms with E-state index in [4.69, 9.17) is 9.84 Å². The van der Waals surface area contributed by atoms with E-state index in [0.717, 1.165) is 0 Å². The maximum absolute atomic E-state index is 11.9. The summed E-state index contributed by atoms with van der Waals surface area (Å²) >= 11 is 0. The Balaban J connectivity index is 2.59. The van der Waals surface area contributed by atoms with E-state index < -0.39 is 11.9 Å². The van der Waals surface area contributed by atoms with Gasteiger partial charge < -0.3 is 15.2 Å². The van der Waals surface area contributed by atoms with E-state index in [9.17, 15) is 9.59 Å². The second-order valence-electron chi connectivity index (χ2n) is 4.39. The average Bonchev–Trinajstić information content (AvgIpc) is 2.46. The highest BCUT2D eigenvalue weighted by Crippen LogP contribution is 2.18. The van der Waals surface area contributed by atoms with Crippen LogP contribution in [0.2, 0.25) is 0 Å². The molecule has 6 nitrogen and oxygen atoms in total. The van der Waals surface area contributed by atoms with Crippen LogP contribution in [0, 0.1) is 5.92 Å². The molecule has 0 heterocycles. The quantitative estimate of drug-likeness (QED) is 0.834. The van der Waals surface area contributed by atoms with Crippen molar-refractivity contribution in [3.05, 3.63) is 24.3 Å². The van der Waals surface area contributed by atoms with Crippen molar-refractivity contribution in [2.45, 2.75) is 13.3 Å². The minimum Gasteiger partial charge on any atom is -0.497 e. The number of methoxy groups -OCH3 is 1. The van der Waals surface area contributed by atoms with Crippen LogP contribution in [0.5, 0.6) is 5.75 Å². The molecule has 20 heavy (non-hydrogen) atoms. The van der Waals surface area contributed by atoms with E-state index in [0.29, 0.717) is 17.9 Å². The number of carboxylic acids is 1. The molecule has 110 valence electrons. The van der Waals surface area contributed by atoms with E-state index in [1.165, 1.54) is 4.90 Å². The maximum Gasteiger partial charge on any atom is 0.321 e. The van der Waals surface area contributed by atoms with Crippen LogP contribution in [0.3, 0.4) is 0 Å². The fraction of sp³-hybridized carbons (Fsp3) is 0.429. The number of nitrogens with zero attached hydrogens (tertiary/aromatic N) is 1. The average molecular weight is 280 g/mol. The number of hydrogen-bond acceptors (Lipinski definition) is 3. The molecular weight excluding hydrogens is 260 g/mol. The third-order valence-corrected chi connectivity index (χ3v) is 3.11. The molecule has 2 N–H and O–H groups in total. The third kappa shape index (κ3) is 4.15. The summed E-state index contributed by atoms with van der Waals surface area (Å²) in [6, 6.07) is 6.69. The van der Waals surface area contributed by atoms with Crippen molar-refractivity contribution < 1.29 is 19.4 Å². The lowest BCUT2D eigenvalue weighted by Gasteiger charge is -2.19. The van der Waals surface area contributed by atoms with Crippen molar-refractivity contribution in [2.24, 2.45) is 5.92 Å². The van der Waals surface area contributed by atoms with E-state index in [-0.39, 0.29) is 12.6 Å². The van der Waals surface area contributed by atoms with Gasteiger partial charge in [-0.3, -0.25) is 9.69 Å². The van der Waals surface area contributed by atoms with E-state index in [1.807, 2.05) is 0 Å². The lowest BCUT2D eigenvalue weighted by Crippen LogP contribution is -2.41. The van der Waals surface area contributed by atoms with Crippen LogP contribution in [-0.2, 0) is 4.79 Å². The molecule has 0 aliphatic rings. The Morgan fingerprint density at radius 2 is 1.95 bits per heavy atom. The molecule has 1 atom stereocenters. The van der Waals surface area contributed by atoms with Crippen molar-refractivity contribution in [3.63, 3.8) is 0 Å². The van der Waals surface area contributed by atoms with Gasteiger partial charge in [-0.1, -0.05) is 6.92 Å². The number of carbonyl (C=O) groups excluding carboxylic acids is 1. The first-order valence-electron chi connectivity index (χ1n) is 6.38. The van der Waals surface area contributed by atoms with Crippen LogP contribution in [-0.4, -0.2) is 37.8 Å². The molecule has 2 amide bonds. The Hall–Kier alpha value is -2.24. The van der Waals surface area contributed by atoms with Crippen molar-refractivity contribution in [1.29, 1.82) is 0 Å². The highest BCUT2D eigenvalue weighted by molar-refractivity contribution is 5.91. The number of rotatable bonds is 6. The van der Waals surface area contributed by atoms with Gasteiger partial charge in [-0.2, -0.15) is 0 Å². The van der Waals surface area contributed by atoms with Gasteiger partial charge in [0.1, 0.15) is 5.75 Å². The van der Waals surface area contributed by atoms with Gasteiger partial charge in [0.05, 0.1) is 13.0 Å². The summed E-state index contributed by atoms with van der Waals surface area (Å²) in [4.78, 5) is 24.2. The number of nitrogens with one attached hydrogen (secondary N) is 1. The zero-order chi connectivity index (χ0) is 15.1. The van der Waals surface area contributed by atoms with Gasteiger partial charge in [0.15, 0.2) is 0 Å². The standard InChI is InChI=1S/C14H20N2O4/c1-4-10(13(17)18)9-15-14(19)16(2)11-5-7-12(20-3)8-6-11/h5-8,10H,4,9H2,1-3H3,(H,15,19)(H,17,18). The molecule has 1 rings (SSSR count). The smallest absolute Gasteiger partial charge is 0.321 e. The first-order valence-corrected chi connectivity index (χ1v) is 6.38. The van der Waals surface area contributed by atoms with Gasteiger partial charge in [-0.05, 0) is 30.7 Å². The van der Waals surface area contributed by atoms with Gasteiger partial charge in [-0.25, -0.2) is 4.79 Å². The lowest BCUT2D eigenvalue weighted by molar-refractivity contribution is -0.141. The number of anilines is 1. The van der Waals surface area contributed by atoms with E-state index in [2.05, 4.69) is 5.32 Å². The molecule has 0 aliphatic carbocycles. The predicted octanol–water partition coefficient (Wildman–Crippen LogP) is 1.95. The molecule has 0 spiro atoms. The lowest BCUT2D eigenvalue weighted by atomic mass is 10.1. The molecule has 1 aromatic carbocycles. The Morgan fingerprint density at radius 1 is 1.35 bits per heavy atom. The minimum atomic E-state index is -0.903. The van der Waals surface area contributed by atoms with Gasteiger partial charge >= 0.3 is 12.0 Å². The van der Waals surface area contributed by atoms with Crippen molar-refractivity contribution in [3.8, 4) is 5.75 Å². The number of hydrogen-bond donors (Lipinski definition) is 2. The Bertz CT molecular complexity index is 459. The Labute approximate surface area is 118 Å². The summed E-state index contributed by atoms with van der Waals surface area (Å²) in [5.41, 5.74) is 0.701. The Morgan fingerprint density at radius 3 is 2.40 bits per heavy atom. The van der Waals surface area contributed by atoms with Crippen LogP contribution in [0.15, 0.2) is 24.3 Å². The first kappa shape index (κ1) is 15.8. The highest BCUT2D eigenvalue weighted by Gasteiger charge is 2.17. The molecular formula is C14H20N2O4. The Kier molecular flexibility index (Phi) is 5.83. The number of ether oxygens (including phenoxy) is 1. The summed E-state index contributed by atoms with van der Waals surface area (Å²) < 4.78 is 5.04. The summed E-state index contributed by atoms with van der Waals surface area (Å²) in [5.74, 6) is -0.761. The molecule has 1 unspecified atom stereocenters. The fourth-order valence-corrected chi connectivity index (χ4v) is 1.66. The summed E-state index contributed by atoms with van der Waals surface area (Å²) in [6.07, 6.45) is 0.474. The highest BCUT2D eigenvalue weighted by atomic mass is 16.5. The summed E-state index contributed by atoms with van der Waals surface area (Å²) in [7, 11) is 3.20. The van der Waals surface area contributed by atoms with Gasteiger partial charge in [0.25, 0.3) is 0 Å². The number of aliphatic carboxylic acids is 1. The minimum absolute atomic E-state index is 0.116. The third-order valence-electron chi connectivity index (χ3n) is 3.11. The molecule has 0 saturated carbocycles. The second-order valence-corrected chi connectivity index (χ2v) is 4.39. The predicted molar refractivity (Wildman–Crippen MR) is 76.2 cm³/mol. The number of amides is 2. The fourth-order valence-electron chi connectivity index (χ4n) is 1.66. The number of carboxylic acid groups (broad SMARTS) is 1. The van der Waals surface area contributed by atoms with Crippen LogP contribution >= 0.6 is 0 Å². The van der Waals surface area contributed by atoms with E-state index >= 15 is 0 Å². The second kappa shape index (κ2) is 7.37. The first-order chi connectivity index (χ1) is 9.49. The molecule has 0 radical (unpaired) electrons. The van der Waals surface area contributed by atoms with Gasteiger partial charge in [-0.15, -0.1) is 0 Å². The normalized spacial score (nSPS) is 11.6. The van der Waals surface area contributed by atoms with Gasteiger partial charge in [0.2, 0.25) is 0 Å². The topological polar surface area (TPSA) is 78.9 Å². The zero-order valence-corrected chi connectivity index (χ0v) is 11.9. The molecule has 0 saturated heterocycles. The van der Waals surface area contributed by atoms with Crippen LogP contribution in [0.1, 0.15) is 13.3 Å². The number of carbonyl (C=O) groups is 2. The summed E-state index contributed by atoms with van der Waals surface area (Å²) in [5, 5.41) is 11.5. The SMILES string of the molecule is CCC(CNC(=O)N(C)c1ccc(OC)cc1)C(=O)O. The zero-order valence-electron chi connectivity index (χ0n) is 11.9. The monoisotopic (exact) mass is 280 g/mol.